The number of aromatic nitrogens is 4. The van der Waals surface area contributed by atoms with Crippen LogP contribution in [0.1, 0.15) is 30.3 Å². The van der Waals surface area contributed by atoms with E-state index in [4.69, 9.17) is 4.74 Å². The molecule has 1 N–H and O–H groups in total. The van der Waals surface area contributed by atoms with Gasteiger partial charge in [-0.25, -0.2) is 13.8 Å². The second-order valence-electron chi connectivity index (χ2n) is 9.75. The zero-order chi connectivity index (χ0) is 26.9. The number of nitrogens with zero attached hydrogens (tertiary/aromatic N) is 6. The molecular weight excluding hydrogens is 504 g/mol. The molecule has 0 unspecified atom stereocenters. The van der Waals surface area contributed by atoms with Crippen LogP contribution in [0.3, 0.4) is 0 Å². The minimum Gasteiger partial charge on any atom is -0.378 e. The van der Waals surface area contributed by atoms with Gasteiger partial charge in [-0.2, -0.15) is 9.97 Å². The highest BCUT2D eigenvalue weighted by atomic mass is 19.3. The number of hydrogen-bond acceptors (Lipinski definition) is 7. The summed E-state index contributed by atoms with van der Waals surface area (Å²) in [5, 5.41) is 3.15. The van der Waals surface area contributed by atoms with Gasteiger partial charge in [0, 0.05) is 32.2 Å². The van der Waals surface area contributed by atoms with Gasteiger partial charge in [-0.05, 0) is 36.6 Å². The number of carbonyl (C=O) groups is 1. The Morgan fingerprint density at radius 3 is 2.46 bits per heavy atom. The number of imidazole rings is 1. The third-order valence-corrected chi connectivity index (χ3v) is 7.20. The van der Waals surface area contributed by atoms with Crippen LogP contribution in [-0.2, 0) is 22.5 Å². The highest BCUT2D eigenvalue weighted by molar-refractivity contribution is 5.84. The minimum atomic E-state index is -2.81. The van der Waals surface area contributed by atoms with Crippen LogP contribution in [0.15, 0.2) is 54.6 Å². The second kappa shape index (κ2) is 10.6. The van der Waals surface area contributed by atoms with Crippen molar-refractivity contribution in [1.82, 2.24) is 24.4 Å². The summed E-state index contributed by atoms with van der Waals surface area (Å²) in [6, 6.07) is 16.2. The molecule has 0 spiro atoms. The molecule has 1 atom stereocenters. The molecule has 0 saturated carbocycles. The molecule has 9 nitrogen and oxygen atoms in total. The van der Waals surface area contributed by atoms with Crippen LogP contribution in [0.2, 0.25) is 0 Å². The van der Waals surface area contributed by atoms with Crippen molar-refractivity contribution in [3.05, 3.63) is 71.5 Å². The number of rotatable bonds is 6. The number of halogens is 2. The lowest BCUT2D eigenvalue weighted by Gasteiger charge is -2.31. The van der Waals surface area contributed by atoms with Crippen molar-refractivity contribution in [3.63, 3.8) is 0 Å². The van der Waals surface area contributed by atoms with Crippen LogP contribution in [0.4, 0.5) is 20.5 Å². The quantitative estimate of drug-likeness (QED) is 0.401. The molecule has 1 fully saturated rings. The molecule has 2 aliphatic rings. The first-order chi connectivity index (χ1) is 19.0. The molecule has 4 aromatic rings. The van der Waals surface area contributed by atoms with E-state index in [0.29, 0.717) is 56.2 Å². The van der Waals surface area contributed by atoms with Gasteiger partial charge in [-0.3, -0.25) is 9.36 Å². The van der Waals surface area contributed by atoms with Crippen LogP contribution < -0.4 is 10.2 Å². The van der Waals surface area contributed by atoms with Crippen LogP contribution >= 0.6 is 0 Å². The number of nitrogens with one attached hydrogen (secondary N) is 1. The number of morpholine rings is 1. The van der Waals surface area contributed by atoms with Crippen LogP contribution in [0, 0.1) is 0 Å². The monoisotopic (exact) mass is 533 g/mol. The Kier molecular flexibility index (Phi) is 6.82. The van der Waals surface area contributed by atoms with Gasteiger partial charge < -0.3 is 19.9 Å². The fourth-order valence-electron chi connectivity index (χ4n) is 5.20. The number of ether oxygens (including phenoxy) is 1. The van der Waals surface area contributed by atoms with Gasteiger partial charge in [0.2, 0.25) is 11.9 Å². The highest BCUT2D eigenvalue weighted by Crippen LogP contribution is 2.29. The van der Waals surface area contributed by atoms with Crippen molar-refractivity contribution >= 4 is 28.7 Å². The molecule has 2 aromatic heterocycles. The molecule has 0 bridgehead atoms. The number of fused-ring (bicyclic) bond motifs is 2. The molecule has 2 aromatic carbocycles. The normalized spacial score (nSPS) is 16.4. The van der Waals surface area contributed by atoms with E-state index in [0.717, 1.165) is 12.0 Å². The summed E-state index contributed by atoms with van der Waals surface area (Å²) in [5.74, 6) is 0.530. The lowest BCUT2D eigenvalue weighted by Crippen LogP contribution is -2.44. The van der Waals surface area contributed by atoms with Crippen molar-refractivity contribution in [2.45, 2.75) is 32.4 Å². The molecule has 202 valence electrons. The van der Waals surface area contributed by atoms with E-state index in [9.17, 15) is 13.6 Å². The molecule has 4 heterocycles. The number of alkyl halides is 2. The predicted octanol–water partition coefficient (Wildman–Crippen LogP) is 3.98. The summed E-state index contributed by atoms with van der Waals surface area (Å²) in [4.78, 5) is 30.7. The largest absolute Gasteiger partial charge is 0.378 e. The first kappa shape index (κ1) is 25.2. The molecule has 6 rings (SSSR count). The molecule has 1 amide bonds. The molecule has 2 aliphatic heterocycles. The molecule has 0 radical (unpaired) electrons. The summed E-state index contributed by atoms with van der Waals surface area (Å²) in [6.07, 6.45) is -2.01. The first-order valence-electron chi connectivity index (χ1n) is 13.1. The van der Waals surface area contributed by atoms with E-state index in [1.807, 2.05) is 28.0 Å². The molecular formula is C28H29F2N7O2. The molecule has 39 heavy (non-hydrogen) atoms. The number of amides is 1. The van der Waals surface area contributed by atoms with Crippen molar-refractivity contribution < 1.29 is 18.3 Å². The summed E-state index contributed by atoms with van der Waals surface area (Å²) >= 11 is 0. The topological polar surface area (TPSA) is 88.4 Å². The highest BCUT2D eigenvalue weighted by Gasteiger charge is 2.27. The van der Waals surface area contributed by atoms with E-state index in [1.54, 1.807) is 37.3 Å². The van der Waals surface area contributed by atoms with Gasteiger partial charge in [0.15, 0.2) is 5.82 Å². The van der Waals surface area contributed by atoms with E-state index < -0.39 is 18.3 Å². The maximum Gasteiger partial charge on any atom is 0.296 e. The van der Waals surface area contributed by atoms with Crippen molar-refractivity contribution in [1.29, 1.82) is 0 Å². The first-order valence-corrected chi connectivity index (χ1v) is 13.1. The van der Waals surface area contributed by atoms with E-state index >= 15 is 0 Å². The summed E-state index contributed by atoms with van der Waals surface area (Å²) < 4.78 is 35.1. The van der Waals surface area contributed by atoms with Crippen LogP contribution in [0.5, 0.6) is 0 Å². The smallest absolute Gasteiger partial charge is 0.296 e. The van der Waals surface area contributed by atoms with Gasteiger partial charge in [-0.1, -0.05) is 36.4 Å². The zero-order valence-corrected chi connectivity index (χ0v) is 21.6. The zero-order valence-electron chi connectivity index (χ0n) is 21.6. The van der Waals surface area contributed by atoms with Gasteiger partial charge >= 0.3 is 0 Å². The van der Waals surface area contributed by atoms with Crippen LogP contribution in [0.25, 0.3) is 16.9 Å². The molecule has 1 saturated heterocycles. The van der Waals surface area contributed by atoms with Crippen molar-refractivity contribution in [2.75, 3.05) is 43.1 Å². The standard InChI is InChI=1S/C28H29F2N7O2/c1-18(27(38)36-11-10-19-6-2-3-7-20(19)17-36)31-28-33-23(35-12-14-39-15-13-35)16-24(34-28)37-22-9-5-4-8-21(22)32-26(37)25(29)30/h2-9,16,18,25H,10-15,17H2,1H3,(H,31,33,34)/t18-/m0/s1. The number of para-hydroxylation sites is 2. The Balaban J connectivity index is 1.34. The Morgan fingerprint density at radius 1 is 0.949 bits per heavy atom. The summed E-state index contributed by atoms with van der Waals surface area (Å²) in [5.41, 5.74) is 3.36. The fraction of sp³-hybridized carbons (Fsp3) is 0.357. The number of anilines is 2. The number of hydrogen-bond donors (Lipinski definition) is 1. The van der Waals surface area contributed by atoms with Gasteiger partial charge in [0.1, 0.15) is 17.7 Å². The Labute approximate surface area is 224 Å². The summed E-state index contributed by atoms with van der Waals surface area (Å²) in [6.45, 7) is 5.20. The fourth-order valence-corrected chi connectivity index (χ4v) is 5.20. The van der Waals surface area contributed by atoms with Crippen LogP contribution in [-0.4, -0.2) is 69.2 Å². The molecule has 0 aliphatic carbocycles. The number of carbonyl (C=O) groups excluding carboxylic acids is 1. The Bertz CT molecular complexity index is 1500. The average Bonchev–Trinajstić information content (AvgIpc) is 3.37. The lowest BCUT2D eigenvalue weighted by molar-refractivity contribution is -0.132. The minimum absolute atomic E-state index is 0.0761. The predicted molar refractivity (Wildman–Crippen MR) is 143 cm³/mol. The van der Waals surface area contributed by atoms with Gasteiger partial charge in [0.25, 0.3) is 6.43 Å². The Hall–Kier alpha value is -4.12. The maximum absolute atomic E-state index is 14.1. The maximum atomic E-state index is 14.1. The van der Waals surface area contributed by atoms with Gasteiger partial charge in [-0.15, -0.1) is 0 Å². The van der Waals surface area contributed by atoms with E-state index in [1.165, 1.54) is 10.1 Å². The van der Waals surface area contributed by atoms with Gasteiger partial charge in [0.05, 0.1) is 24.2 Å². The van der Waals surface area contributed by atoms with E-state index in [-0.39, 0.29) is 17.7 Å². The third-order valence-electron chi connectivity index (χ3n) is 7.20. The molecule has 11 heteroatoms. The summed E-state index contributed by atoms with van der Waals surface area (Å²) in [7, 11) is 0. The third kappa shape index (κ3) is 5.01. The Morgan fingerprint density at radius 2 is 1.67 bits per heavy atom. The SMILES string of the molecule is C[C@H](Nc1nc(N2CCOCC2)cc(-n2c(C(F)F)nc3ccccc32)n1)C(=O)N1CCc2ccccc2C1. The number of benzene rings is 2. The van der Waals surface area contributed by atoms with E-state index in [2.05, 4.69) is 26.3 Å². The van der Waals surface area contributed by atoms with Crippen molar-refractivity contribution in [2.24, 2.45) is 0 Å². The second-order valence-corrected chi connectivity index (χ2v) is 9.75. The lowest BCUT2D eigenvalue weighted by atomic mass is 9.99. The average molecular weight is 534 g/mol. The van der Waals surface area contributed by atoms with Crippen molar-refractivity contribution in [3.8, 4) is 5.82 Å².